The summed E-state index contributed by atoms with van der Waals surface area (Å²) >= 11 is 3.05. The number of imide groups is 1. The molecule has 2 aromatic rings. The van der Waals surface area contributed by atoms with Gasteiger partial charge in [0.05, 0.1) is 18.1 Å². The second-order valence-electron chi connectivity index (χ2n) is 6.47. The van der Waals surface area contributed by atoms with E-state index in [1.54, 1.807) is 17.0 Å². The smallest absolute Gasteiger partial charge is 0.294 e. The molecule has 7 nitrogen and oxygen atoms in total. The van der Waals surface area contributed by atoms with Crippen molar-refractivity contribution < 1.29 is 23.5 Å². The molecule has 2 aliphatic rings. The molecule has 1 aromatic heterocycles. The lowest BCUT2D eigenvalue weighted by atomic mass is 10.2. The zero-order chi connectivity index (χ0) is 20.4. The van der Waals surface area contributed by atoms with Crippen molar-refractivity contribution in [3.63, 3.8) is 0 Å². The Bertz CT molecular complexity index is 979. The molecule has 4 rings (SSSR count). The Labute approximate surface area is 185 Å². The number of amides is 3. The van der Waals surface area contributed by atoms with Gasteiger partial charge in [0.25, 0.3) is 11.1 Å². The molecule has 1 aromatic carbocycles. The van der Waals surface area contributed by atoms with Crippen LogP contribution < -0.4 is 0 Å². The van der Waals surface area contributed by atoms with Gasteiger partial charge in [0.1, 0.15) is 18.1 Å². The summed E-state index contributed by atoms with van der Waals surface area (Å²) in [4.78, 5) is 40.1. The standard InChI is InChI=1S/C20H17IN2O5S/c21-14-3-1-13(2-4-14)16-6-5-15(28-16)11-17-19(25)23(20(26)29-17)12-18(24)22-7-9-27-10-8-22/h1-6,11H,7-10,12H2/b17-11-. The molecule has 0 bridgehead atoms. The Morgan fingerprint density at radius 3 is 2.55 bits per heavy atom. The van der Waals surface area contributed by atoms with Crippen LogP contribution in [-0.4, -0.2) is 59.7 Å². The summed E-state index contributed by atoms with van der Waals surface area (Å²) in [5, 5.41) is -0.452. The van der Waals surface area contributed by atoms with Crippen molar-refractivity contribution in [2.45, 2.75) is 0 Å². The first-order valence-corrected chi connectivity index (χ1v) is 10.9. The molecule has 0 N–H and O–H groups in total. The van der Waals surface area contributed by atoms with E-state index in [0.717, 1.165) is 25.8 Å². The Hall–Kier alpha value is -2.11. The number of furan rings is 1. The van der Waals surface area contributed by atoms with Crippen LogP contribution in [0.2, 0.25) is 0 Å². The van der Waals surface area contributed by atoms with Gasteiger partial charge in [-0.15, -0.1) is 0 Å². The van der Waals surface area contributed by atoms with Crippen LogP contribution in [0.3, 0.4) is 0 Å². The number of thioether (sulfide) groups is 1. The number of ether oxygens (including phenoxy) is 1. The first kappa shape index (κ1) is 20.2. The fourth-order valence-electron chi connectivity index (χ4n) is 3.01. The average Bonchev–Trinajstić information content (AvgIpc) is 3.29. The summed E-state index contributed by atoms with van der Waals surface area (Å²) in [5.41, 5.74) is 0.925. The average molecular weight is 524 g/mol. The highest BCUT2D eigenvalue weighted by Gasteiger charge is 2.37. The minimum atomic E-state index is -0.478. The Morgan fingerprint density at radius 2 is 1.83 bits per heavy atom. The van der Waals surface area contributed by atoms with Gasteiger partial charge >= 0.3 is 0 Å². The van der Waals surface area contributed by atoms with Gasteiger partial charge < -0.3 is 14.1 Å². The number of carbonyl (C=O) groups excluding carboxylic acids is 3. The molecule has 0 saturated carbocycles. The van der Waals surface area contributed by atoms with Crippen LogP contribution in [-0.2, 0) is 14.3 Å². The number of hydrogen-bond donors (Lipinski definition) is 0. The van der Waals surface area contributed by atoms with Crippen molar-refractivity contribution in [2.24, 2.45) is 0 Å². The first-order chi connectivity index (χ1) is 14.0. The number of benzene rings is 1. The highest BCUT2D eigenvalue weighted by atomic mass is 127. The molecule has 3 amide bonds. The van der Waals surface area contributed by atoms with Crippen LogP contribution in [0.4, 0.5) is 4.79 Å². The molecule has 29 heavy (non-hydrogen) atoms. The number of carbonyl (C=O) groups is 3. The molecule has 0 atom stereocenters. The van der Waals surface area contributed by atoms with Gasteiger partial charge in [0.15, 0.2) is 0 Å². The van der Waals surface area contributed by atoms with E-state index in [0.29, 0.717) is 37.8 Å². The van der Waals surface area contributed by atoms with Crippen molar-refractivity contribution in [3.8, 4) is 11.3 Å². The fourth-order valence-corrected chi connectivity index (χ4v) is 4.19. The minimum Gasteiger partial charge on any atom is -0.457 e. The third kappa shape index (κ3) is 4.57. The second-order valence-corrected chi connectivity index (χ2v) is 8.71. The summed E-state index contributed by atoms with van der Waals surface area (Å²) in [6, 6.07) is 11.4. The van der Waals surface area contributed by atoms with Crippen molar-refractivity contribution in [2.75, 3.05) is 32.8 Å². The van der Waals surface area contributed by atoms with Gasteiger partial charge in [0, 0.05) is 28.3 Å². The van der Waals surface area contributed by atoms with Crippen molar-refractivity contribution in [1.29, 1.82) is 0 Å². The van der Waals surface area contributed by atoms with Crippen LogP contribution in [0, 0.1) is 3.57 Å². The van der Waals surface area contributed by atoms with Gasteiger partial charge in [0.2, 0.25) is 5.91 Å². The SMILES string of the molecule is O=C(CN1C(=O)S/C(=C\c2ccc(-c3ccc(I)cc3)o2)C1=O)N1CCOCC1. The Morgan fingerprint density at radius 1 is 1.10 bits per heavy atom. The van der Waals surface area contributed by atoms with Gasteiger partial charge in [-0.05, 0) is 58.6 Å². The summed E-state index contributed by atoms with van der Waals surface area (Å²) in [7, 11) is 0. The minimum absolute atomic E-state index is 0.244. The number of hydrogen-bond acceptors (Lipinski definition) is 6. The van der Waals surface area contributed by atoms with Crippen molar-refractivity contribution in [3.05, 3.63) is 50.6 Å². The number of rotatable bonds is 4. The normalized spacial score (nSPS) is 18.7. The highest BCUT2D eigenvalue weighted by Crippen LogP contribution is 2.33. The number of nitrogens with zero attached hydrogens (tertiary/aromatic N) is 2. The van der Waals surface area contributed by atoms with Gasteiger partial charge in [-0.2, -0.15) is 0 Å². The van der Waals surface area contributed by atoms with Gasteiger partial charge in [-0.3, -0.25) is 19.3 Å². The summed E-state index contributed by atoms with van der Waals surface area (Å²) in [5.74, 6) is 0.419. The Balaban J connectivity index is 1.46. The zero-order valence-electron chi connectivity index (χ0n) is 15.3. The fraction of sp³-hybridized carbons (Fsp3) is 0.250. The largest absolute Gasteiger partial charge is 0.457 e. The summed E-state index contributed by atoms with van der Waals surface area (Å²) in [6.45, 7) is 1.62. The quantitative estimate of drug-likeness (QED) is 0.451. The summed E-state index contributed by atoms with van der Waals surface area (Å²) in [6.07, 6.45) is 1.54. The van der Waals surface area contributed by atoms with E-state index in [9.17, 15) is 14.4 Å². The van der Waals surface area contributed by atoms with Crippen LogP contribution in [0.1, 0.15) is 5.76 Å². The third-order valence-corrected chi connectivity index (χ3v) is 6.19. The van der Waals surface area contributed by atoms with Crippen molar-refractivity contribution >= 4 is 57.5 Å². The molecule has 0 spiro atoms. The maximum atomic E-state index is 12.6. The van der Waals surface area contributed by atoms with Crippen molar-refractivity contribution in [1.82, 2.24) is 9.80 Å². The molecule has 0 aliphatic carbocycles. The maximum absolute atomic E-state index is 12.6. The van der Waals surface area contributed by atoms with E-state index in [-0.39, 0.29) is 17.4 Å². The van der Waals surface area contributed by atoms with E-state index in [1.165, 1.54) is 0 Å². The third-order valence-electron chi connectivity index (χ3n) is 4.56. The predicted molar refractivity (Wildman–Crippen MR) is 117 cm³/mol. The van der Waals surface area contributed by atoms with E-state index < -0.39 is 11.1 Å². The predicted octanol–water partition coefficient (Wildman–Crippen LogP) is 3.45. The maximum Gasteiger partial charge on any atom is 0.294 e. The van der Waals surface area contributed by atoms with Crippen LogP contribution in [0.5, 0.6) is 0 Å². The second kappa shape index (κ2) is 8.72. The molecule has 2 fully saturated rings. The monoisotopic (exact) mass is 524 g/mol. The Kier molecular flexibility index (Phi) is 6.07. The molecule has 0 radical (unpaired) electrons. The van der Waals surface area contributed by atoms with Gasteiger partial charge in [-0.25, -0.2) is 0 Å². The molecular formula is C20H17IN2O5S. The molecule has 2 saturated heterocycles. The summed E-state index contributed by atoms with van der Waals surface area (Å²) < 4.78 is 12.1. The molecule has 3 heterocycles. The topological polar surface area (TPSA) is 80.1 Å². The van der Waals surface area contributed by atoms with Gasteiger partial charge in [-0.1, -0.05) is 12.1 Å². The lowest BCUT2D eigenvalue weighted by Crippen LogP contribution is -2.46. The lowest BCUT2D eigenvalue weighted by molar-refractivity contribution is -0.139. The highest BCUT2D eigenvalue weighted by molar-refractivity contribution is 14.1. The van der Waals surface area contributed by atoms with Crippen LogP contribution >= 0.6 is 34.4 Å². The van der Waals surface area contributed by atoms with Crippen LogP contribution in [0.25, 0.3) is 17.4 Å². The zero-order valence-corrected chi connectivity index (χ0v) is 18.3. The molecule has 9 heteroatoms. The van der Waals surface area contributed by atoms with Crippen LogP contribution in [0.15, 0.2) is 45.7 Å². The van der Waals surface area contributed by atoms with E-state index >= 15 is 0 Å². The molecule has 2 aliphatic heterocycles. The first-order valence-electron chi connectivity index (χ1n) is 8.98. The molecular weight excluding hydrogens is 507 g/mol. The molecule has 150 valence electrons. The van der Waals surface area contributed by atoms with E-state index in [4.69, 9.17) is 9.15 Å². The lowest BCUT2D eigenvalue weighted by Gasteiger charge is -2.27. The van der Waals surface area contributed by atoms with E-state index in [2.05, 4.69) is 22.6 Å². The van der Waals surface area contributed by atoms with E-state index in [1.807, 2.05) is 30.3 Å². The number of halogens is 1. The molecule has 0 unspecified atom stereocenters. The number of morpholine rings is 1.